The smallest absolute Gasteiger partial charge is 0.226 e. The van der Waals surface area contributed by atoms with Gasteiger partial charge in [0, 0.05) is 37.0 Å². The van der Waals surface area contributed by atoms with E-state index >= 15 is 0 Å². The average molecular weight is 558 g/mol. The van der Waals surface area contributed by atoms with E-state index < -0.39 is 11.6 Å². The van der Waals surface area contributed by atoms with E-state index in [1.165, 1.54) is 23.3 Å². The quantitative estimate of drug-likeness (QED) is 0.160. The Bertz CT molecular complexity index is 1470. The molecule has 0 fully saturated rings. The van der Waals surface area contributed by atoms with E-state index in [1.807, 2.05) is 25.1 Å². The zero-order valence-corrected chi connectivity index (χ0v) is 23.8. The van der Waals surface area contributed by atoms with Crippen molar-refractivity contribution in [3.05, 3.63) is 130 Å². The standard InChI is InChI=1S/C34H37F2N3O2/c1-4-24-6-5-7-25(16-24)22-37-15-14-30(19-26-17-28(35)20-29(36)18-26)38-33(40)21-31-12-13-32(39(31)3)34(41)27-10-8-23(2)9-11-27/h5-13,16-18,20,30,37H,4,14-15,19,21-22H2,1-3H3,(H,38,40)/t30-/m1/s1. The maximum absolute atomic E-state index is 13.9. The average Bonchev–Trinajstić information content (AvgIpc) is 3.30. The molecule has 2 N–H and O–H groups in total. The van der Waals surface area contributed by atoms with Crippen LogP contribution >= 0.6 is 0 Å². The van der Waals surface area contributed by atoms with Gasteiger partial charge in [-0.05, 0) is 73.7 Å². The lowest BCUT2D eigenvalue weighted by Crippen LogP contribution is -2.39. The van der Waals surface area contributed by atoms with E-state index in [9.17, 15) is 18.4 Å². The zero-order valence-electron chi connectivity index (χ0n) is 23.8. The lowest BCUT2D eigenvalue weighted by Gasteiger charge is -2.20. The number of carbonyl (C=O) groups excluding carboxylic acids is 2. The van der Waals surface area contributed by atoms with Gasteiger partial charge in [-0.25, -0.2) is 8.78 Å². The van der Waals surface area contributed by atoms with Gasteiger partial charge in [0.25, 0.3) is 0 Å². The molecule has 0 unspecified atom stereocenters. The van der Waals surface area contributed by atoms with E-state index in [0.717, 1.165) is 18.1 Å². The molecule has 41 heavy (non-hydrogen) atoms. The van der Waals surface area contributed by atoms with Crippen molar-refractivity contribution in [1.29, 1.82) is 0 Å². The van der Waals surface area contributed by atoms with E-state index in [4.69, 9.17) is 0 Å². The Balaban J connectivity index is 1.40. The number of hydrogen-bond donors (Lipinski definition) is 2. The topological polar surface area (TPSA) is 63.1 Å². The highest BCUT2D eigenvalue weighted by molar-refractivity contribution is 6.08. The molecule has 5 nitrogen and oxygen atoms in total. The lowest BCUT2D eigenvalue weighted by molar-refractivity contribution is -0.121. The van der Waals surface area contributed by atoms with Gasteiger partial charge in [-0.1, -0.05) is 61.0 Å². The second-order valence-corrected chi connectivity index (χ2v) is 10.5. The molecule has 1 amide bonds. The molecule has 1 aromatic heterocycles. The minimum absolute atomic E-state index is 0.0723. The van der Waals surface area contributed by atoms with Crippen molar-refractivity contribution >= 4 is 11.7 Å². The highest BCUT2D eigenvalue weighted by Gasteiger charge is 2.19. The maximum Gasteiger partial charge on any atom is 0.226 e. The Morgan fingerprint density at radius 3 is 2.29 bits per heavy atom. The molecule has 0 aliphatic heterocycles. The summed E-state index contributed by atoms with van der Waals surface area (Å²) in [5.41, 5.74) is 5.78. The van der Waals surface area contributed by atoms with Gasteiger partial charge >= 0.3 is 0 Å². The van der Waals surface area contributed by atoms with Crippen molar-refractivity contribution in [3.8, 4) is 0 Å². The van der Waals surface area contributed by atoms with Crippen molar-refractivity contribution in [3.63, 3.8) is 0 Å². The van der Waals surface area contributed by atoms with Gasteiger partial charge in [0.15, 0.2) is 0 Å². The van der Waals surface area contributed by atoms with E-state index in [1.54, 1.807) is 35.9 Å². The highest BCUT2D eigenvalue weighted by atomic mass is 19.1. The fourth-order valence-electron chi connectivity index (χ4n) is 4.96. The van der Waals surface area contributed by atoms with Gasteiger partial charge in [0.2, 0.25) is 11.7 Å². The first-order chi connectivity index (χ1) is 19.7. The fourth-order valence-corrected chi connectivity index (χ4v) is 4.96. The van der Waals surface area contributed by atoms with Crippen LogP contribution in [-0.2, 0) is 37.6 Å². The first-order valence-corrected chi connectivity index (χ1v) is 14.0. The summed E-state index contributed by atoms with van der Waals surface area (Å²) in [5.74, 6) is -1.62. The molecule has 4 rings (SSSR count). The predicted molar refractivity (Wildman–Crippen MR) is 158 cm³/mol. The number of halogens is 2. The molecule has 0 bridgehead atoms. The summed E-state index contributed by atoms with van der Waals surface area (Å²) in [5, 5.41) is 6.47. The Morgan fingerprint density at radius 1 is 0.878 bits per heavy atom. The second-order valence-electron chi connectivity index (χ2n) is 10.5. The van der Waals surface area contributed by atoms with Crippen molar-refractivity contribution < 1.29 is 18.4 Å². The molecular formula is C34H37F2N3O2. The van der Waals surface area contributed by atoms with Crippen molar-refractivity contribution in [2.45, 2.75) is 52.1 Å². The Kier molecular flexibility index (Phi) is 10.2. The summed E-state index contributed by atoms with van der Waals surface area (Å²) in [6.07, 6.45) is 1.90. The van der Waals surface area contributed by atoms with Crippen LogP contribution in [0.25, 0.3) is 0 Å². The number of carbonyl (C=O) groups is 2. The van der Waals surface area contributed by atoms with Crippen LogP contribution in [0.5, 0.6) is 0 Å². The monoisotopic (exact) mass is 557 g/mol. The number of ketones is 1. The maximum atomic E-state index is 13.9. The number of aromatic nitrogens is 1. The molecule has 1 heterocycles. The summed E-state index contributed by atoms with van der Waals surface area (Å²) < 4.78 is 29.5. The van der Waals surface area contributed by atoms with Crippen LogP contribution in [0.3, 0.4) is 0 Å². The minimum atomic E-state index is -0.645. The Hall–Kier alpha value is -4.10. The Labute approximate surface area is 240 Å². The Morgan fingerprint density at radius 2 is 1.59 bits per heavy atom. The number of amides is 1. The van der Waals surface area contributed by atoms with Crippen molar-refractivity contribution in [1.82, 2.24) is 15.2 Å². The van der Waals surface area contributed by atoms with Crippen molar-refractivity contribution in [2.75, 3.05) is 6.54 Å². The fraction of sp³-hybridized carbons (Fsp3) is 0.294. The third-order valence-electron chi connectivity index (χ3n) is 7.28. The van der Waals surface area contributed by atoms with Gasteiger partial charge in [-0.3, -0.25) is 9.59 Å². The molecule has 3 aromatic carbocycles. The molecule has 0 spiro atoms. The molecule has 214 valence electrons. The van der Waals surface area contributed by atoms with Gasteiger partial charge in [0.05, 0.1) is 12.1 Å². The molecule has 0 aliphatic carbocycles. The van der Waals surface area contributed by atoms with Gasteiger partial charge in [0.1, 0.15) is 11.6 Å². The SMILES string of the molecule is CCc1cccc(CNCC[C@H](Cc2cc(F)cc(F)c2)NC(=O)Cc2ccc(C(=O)c3ccc(C)cc3)n2C)c1. The highest BCUT2D eigenvalue weighted by Crippen LogP contribution is 2.16. The molecule has 0 aliphatic rings. The molecule has 7 heteroatoms. The number of nitrogens with zero attached hydrogens (tertiary/aromatic N) is 1. The van der Waals surface area contributed by atoms with Crippen molar-refractivity contribution in [2.24, 2.45) is 7.05 Å². The van der Waals surface area contributed by atoms with Crippen LogP contribution in [0.4, 0.5) is 8.78 Å². The summed E-state index contributed by atoms with van der Waals surface area (Å²) in [4.78, 5) is 26.1. The van der Waals surface area contributed by atoms with E-state index in [-0.39, 0.29) is 30.6 Å². The van der Waals surface area contributed by atoms with E-state index in [0.29, 0.717) is 42.0 Å². The predicted octanol–water partition coefficient (Wildman–Crippen LogP) is 5.86. The zero-order chi connectivity index (χ0) is 29.4. The largest absolute Gasteiger partial charge is 0.353 e. The lowest BCUT2D eigenvalue weighted by atomic mass is 10.0. The molecular weight excluding hydrogens is 520 g/mol. The number of rotatable bonds is 13. The van der Waals surface area contributed by atoms with Crippen LogP contribution in [0.1, 0.15) is 57.3 Å². The van der Waals surface area contributed by atoms with Crippen LogP contribution in [-0.4, -0.2) is 28.8 Å². The van der Waals surface area contributed by atoms with E-state index in [2.05, 4.69) is 35.8 Å². The molecule has 4 aromatic rings. The van der Waals surface area contributed by atoms with Gasteiger partial charge < -0.3 is 15.2 Å². The van der Waals surface area contributed by atoms with Crippen LogP contribution in [0.15, 0.2) is 78.9 Å². The molecule has 1 atom stereocenters. The number of benzene rings is 3. The normalized spacial score (nSPS) is 11.8. The van der Waals surface area contributed by atoms with Gasteiger partial charge in [-0.2, -0.15) is 0 Å². The minimum Gasteiger partial charge on any atom is -0.353 e. The van der Waals surface area contributed by atoms with Crippen LogP contribution in [0, 0.1) is 18.6 Å². The molecule has 0 saturated heterocycles. The molecule has 0 saturated carbocycles. The first-order valence-electron chi connectivity index (χ1n) is 14.0. The number of hydrogen-bond acceptors (Lipinski definition) is 3. The van der Waals surface area contributed by atoms with Crippen LogP contribution in [0.2, 0.25) is 0 Å². The van der Waals surface area contributed by atoms with Gasteiger partial charge in [-0.15, -0.1) is 0 Å². The van der Waals surface area contributed by atoms with Crippen LogP contribution < -0.4 is 10.6 Å². The summed E-state index contributed by atoms with van der Waals surface area (Å²) in [6, 6.07) is 22.4. The number of aryl methyl sites for hydroxylation is 2. The summed E-state index contributed by atoms with van der Waals surface area (Å²) >= 11 is 0. The number of nitrogens with one attached hydrogen (secondary N) is 2. The molecule has 0 radical (unpaired) electrons. The summed E-state index contributed by atoms with van der Waals surface area (Å²) in [7, 11) is 1.77. The third-order valence-corrected chi connectivity index (χ3v) is 7.28. The first kappa shape index (κ1) is 29.9. The second kappa shape index (κ2) is 14.0. The third kappa shape index (κ3) is 8.44. The summed E-state index contributed by atoms with van der Waals surface area (Å²) in [6.45, 7) is 5.38.